The zero-order valence-electron chi connectivity index (χ0n) is 11.5. The van der Waals surface area contributed by atoms with Gasteiger partial charge in [-0.3, -0.25) is 4.57 Å². The maximum absolute atomic E-state index is 4.44. The summed E-state index contributed by atoms with van der Waals surface area (Å²) in [4.78, 5) is 4.44. The van der Waals surface area contributed by atoms with Crippen molar-refractivity contribution in [1.82, 2.24) is 14.9 Å². The molecule has 2 aromatic carbocycles. The highest BCUT2D eigenvalue weighted by molar-refractivity contribution is 5.77. The Hall–Kier alpha value is -2.81. The molecule has 0 saturated heterocycles. The third-order valence-corrected chi connectivity index (χ3v) is 3.72. The van der Waals surface area contributed by atoms with E-state index in [0.29, 0.717) is 0 Å². The predicted molar refractivity (Wildman–Crippen MR) is 85.9 cm³/mol. The van der Waals surface area contributed by atoms with Crippen molar-refractivity contribution >= 4 is 16.7 Å². The molecular formula is C18H15N3. The second-order valence-corrected chi connectivity index (χ2v) is 5.05. The summed E-state index contributed by atoms with van der Waals surface area (Å²) in [6, 6.07) is 16.7. The SMILES string of the molecule is C1=CNC(c2ccc(-n3cnc4ccccc43)cc2)=CC1. The second kappa shape index (κ2) is 4.94. The molecule has 3 nitrogen and oxygen atoms in total. The first-order valence-electron chi connectivity index (χ1n) is 7.06. The lowest BCUT2D eigenvalue weighted by Crippen LogP contribution is -2.06. The smallest absolute Gasteiger partial charge is 0.100 e. The molecule has 1 aliphatic heterocycles. The molecule has 1 N–H and O–H groups in total. The van der Waals surface area contributed by atoms with Crippen molar-refractivity contribution in [2.75, 3.05) is 0 Å². The van der Waals surface area contributed by atoms with E-state index in [9.17, 15) is 0 Å². The van der Waals surface area contributed by atoms with E-state index < -0.39 is 0 Å². The number of aromatic nitrogens is 2. The van der Waals surface area contributed by atoms with Gasteiger partial charge in [0.1, 0.15) is 6.33 Å². The maximum atomic E-state index is 4.44. The highest BCUT2D eigenvalue weighted by Crippen LogP contribution is 2.21. The van der Waals surface area contributed by atoms with Crippen molar-refractivity contribution in [2.45, 2.75) is 6.42 Å². The number of para-hydroxylation sites is 2. The van der Waals surface area contributed by atoms with Crippen LogP contribution in [0.1, 0.15) is 12.0 Å². The van der Waals surface area contributed by atoms with Gasteiger partial charge in [0.15, 0.2) is 0 Å². The lowest BCUT2D eigenvalue weighted by Gasteiger charge is -2.12. The molecule has 1 aromatic heterocycles. The summed E-state index contributed by atoms with van der Waals surface area (Å²) in [5.41, 5.74) is 5.64. The van der Waals surface area contributed by atoms with Gasteiger partial charge in [-0.05, 0) is 42.4 Å². The third kappa shape index (κ3) is 2.13. The molecule has 0 radical (unpaired) electrons. The molecule has 0 bridgehead atoms. The molecule has 0 saturated carbocycles. The van der Waals surface area contributed by atoms with Gasteiger partial charge in [0.05, 0.1) is 11.0 Å². The van der Waals surface area contributed by atoms with Gasteiger partial charge in [-0.2, -0.15) is 0 Å². The lowest BCUT2D eigenvalue weighted by molar-refractivity contribution is 1.09. The van der Waals surface area contributed by atoms with E-state index in [0.717, 1.165) is 23.1 Å². The highest BCUT2D eigenvalue weighted by atomic mass is 15.0. The first kappa shape index (κ1) is 12.0. The topological polar surface area (TPSA) is 29.9 Å². The average Bonchev–Trinajstić information content (AvgIpc) is 3.00. The summed E-state index contributed by atoms with van der Waals surface area (Å²) in [5.74, 6) is 0. The molecule has 0 aliphatic carbocycles. The van der Waals surface area contributed by atoms with Crippen LogP contribution < -0.4 is 5.32 Å². The second-order valence-electron chi connectivity index (χ2n) is 5.05. The van der Waals surface area contributed by atoms with E-state index in [1.54, 1.807) is 0 Å². The van der Waals surface area contributed by atoms with Crippen LogP contribution in [0.4, 0.5) is 0 Å². The number of fused-ring (bicyclic) bond motifs is 1. The number of dihydropyridines is 1. The van der Waals surface area contributed by atoms with Gasteiger partial charge in [-0.15, -0.1) is 0 Å². The summed E-state index contributed by atoms with van der Waals surface area (Å²) in [5, 5.41) is 3.28. The number of nitrogens with one attached hydrogen (secondary N) is 1. The van der Waals surface area contributed by atoms with Crippen molar-refractivity contribution in [2.24, 2.45) is 0 Å². The van der Waals surface area contributed by atoms with Crippen molar-refractivity contribution < 1.29 is 0 Å². The molecule has 0 spiro atoms. The van der Waals surface area contributed by atoms with Crippen molar-refractivity contribution in [3.63, 3.8) is 0 Å². The molecule has 3 heteroatoms. The van der Waals surface area contributed by atoms with Crippen LogP contribution in [-0.2, 0) is 0 Å². The molecule has 4 rings (SSSR count). The largest absolute Gasteiger partial charge is 0.362 e. The van der Waals surface area contributed by atoms with Crippen LogP contribution >= 0.6 is 0 Å². The van der Waals surface area contributed by atoms with Gasteiger partial charge in [0, 0.05) is 11.4 Å². The zero-order valence-corrected chi connectivity index (χ0v) is 11.5. The monoisotopic (exact) mass is 273 g/mol. The summed E-state index contributed by atoms with van der Waals surface area (Å²) in [7, 11) is 0. The Morgan fingerprint density at radius 1 is 1.00 bits per heavy atom. The lowest BCUT2D eigenvalue weighted by atomic mass is 10.1. The molecule has 0 atom stereocenters. The standard InChI is InChI=1S/C18H15N3/c1-2-7-18-17(6-1)20-13-21(18)15-10-8-14(9-11-15)16-5-3-4-12-19-16/h1-2,4-13,19H,3H2. The van der Waals surface area contributed by atoms with Crippen LogP contribution in [0.5, 0.6) is 0 Å². The van der Waals surface area contributed by atoms with Crippen LogP contribution in [0.2, 0.25) is 0 Å². The number of allylic oxidation sites excluding steroid dienone is 2. The summed E-state index contributed by atoms with van der Waals surface area (Å²) < 4.78 is 2.11. The molecule has 21 heavy (non-hydrogen) atoms. The van der Waals surface area contributed by atoms with Crippen molar-refractivity contribution in [3.05, 3.63) is 78.8 Å². The minimum Gasteiger partial charge on any atom is -0.362 e. The van der Waals surface area contributed by atoms with Crippen LogP contribution in [0.15, 0.2) is 73.2 Å². The van der Waals surface area contributed by atoms with E-state index in [4.69, 9.17) is 0 Å². The number of imidazole rings is 1. The van der Waals surface area contributed by atoms with Crippen LogP contribution in [0.3, 0.4) is 0 Å². The Kier molecular flexibility index (Phi) is 2.82. The Balaban J connectivity index is 1.72. The van der Waals surface area contributed by atoms with Crippen LogP contribution in [0, 0.1) is 0 Å². The molecule has 0 amide bonds. The average molecular weight is 273 g/mol. The Morgan fingerprint density at radius 2 is 1.86 bits per heavy atom. The molecule has 3 aromatic rings. The summed E-state index contributed by atoms with van der Waals surface area (Å²) in [6.07, 6.45) is 9.15. The van der Waals surface area contributed by atoms with Gasteiger partial charge in [-0.1, -0.05) is 36.4 Å². The predicted octanol–water partition coefficient (Wildman–Crippen LogP) is 3.87. The minimum atomic E-state index is 0.982. The fourth-order valence-corrected chi connectivity index (χ4v) is 2.63. The van der Waals surface area contributed by atoms with Gasteiger partial charge in [0.2, 0.25) is 0 Å². The van der Waals surface area contributed by atoms with E-state index in [-0.39, 0.29) is 0 Å². The summed E-state index contributed by atoms with van der Waals surface area (Å²) in [6.45, 7) is 0. The number of hydrogen-bond donors (Lipinski definition) is 1. The first-order valence-corrected chi connectivity index (χ1v) is 7.06. The highest BCUT2D eigenvalue weighted by Gasteiger charge is 2.05. The fraction of sp³-hybridized carbons (Fsp3) is 0.0556. The van der Waals surface area contributed by atoms with Crippen molar-refractivity contribution in [3.8, 4) is 5.69 Å². The van der Waals surface area contributed by atoms with E-state index in [1.165, 1.54) is 11.3 Å². The van der Waals surface area contributed by atoms with E-state index in [2.05, 4.69) is 57.4 Å². The molecule has 2 heterocycles. The Bertz CT molecular complexity index is 838. The number of nitrogens with zero attached hydrogens (tertiary/aromatic N) is 2. The number of hydrogen-bond acceptors (Lipinski definition) is 2. The van der Waals surface area contributed by atoms with Gasteiger partial charge in [-0.25, -0.2) is 4.98 Å². The van der Waals surface area contributed by atoms with Crippen molar-refractivity contribution in [1.29, 1.82) is 0 Å². The number of rotatable bonds is 2. The molecular weight excluding hydrogens is 258 g/mol. The third-order valence-electron chi connectivity index (χ3n) is 3.72. The zero-order chi connectivity index (χ0) is 14.1. The minimum absolute atomic E-state index is 0.982. The quantitative estimate of drug-likeness (QED) is 0.768. The van der Waals surface area contributed by atoms with E-state index in [1.807, 2.05) is 30.7 Å². The molecule has 0 unspecified atom stereocenters. The Labute approximate surface area is 123 Å². The normalized spacial score (nSPS) is 14.0. The Morgan fingerprint density at radius 3 is 2.67 bits per heavy atom. The van der Waals surface area contributed by atoms with Gasteiger partial charge < -0.3 is 5.32 Å². The maximum Gasteiger partial charge on any atom is 0.100 e. The van der Waals surface area contributed by atoms with Crippen LogP contribution in [0.25, 0.3) is 22.4 Å². The van der Waals surface area contributed by atoms with Gasteiger partial charge >= 0.3 is 0 Å². The first-order chi connectivity index (χ1) is 10.4. The van der Waals surface area contributed by atoms with Gasteiger partial charge in [0.25, 0.3) is 0 Å². The number of benzene rings is 2. The molecule has 102 valence electrons. The van der Waals surface area contributed by atoms with E-state index >= 15 is 0 Å². The fourth-order valence-electron chi connectivity index (χ4n) is 2.63. The summed E-state index contributed by atoms with van der Waals surface area (Å²) >= 11 is 0. The molecule has 1 aliphatic rings. The van der Waals surface area contributed by atoms with Crippen LogP contribution in [-0.4, -0.2) is 9.55 Å². The molecule has 0 fully saturated rings.